The molecule has 0 spiro atoms. The normalized spacial score (nSPS) is 23.3. The van der Waals surface area contributed by atoms with Crippen molar-refractivity contribution < 1.29 is 5.11 Å². The Kier molecular flexibility index (Phi) is 5.55. The number of pyridine rings is 1. The van der Waals surface area contributed by atoms with Crippen molar-refractivity contribution in [2.75, 3.05) is 20.6 Å². The fourth-order valence-corrected chi connectivity index (χ4v) is 4.19. The maximum absolute atomic E-state index is 12.0. The number of aromatic nitrogens is 1. The highest BCUT2D eigenvalue weighted by Gasteiger charge is 2.41. The Bertz CT molecular complexity index is 695. The van der Waals surface area contributed by atoms with E-state index in [2.05, 4.69) is 60.4 Å². The van der Waals surface area contributed by atoms with Crippen LogP contribution in [0.4, 0.5) is 0 Å². The van der Waals surface area contributed by atoms with Gasteiger partial charge in [0, 0.05) is 17.8 Å². The van der Waals surface area contributed by atoms with E-state index in [0.717, 1.165) is 55.5 Å². The number of rotatable bonds is 5. The molecule has 0 aliphatic heterocycles. The molecule has 0 saturated heterocycles. The lowest BCUT2D eigenvalue weighted by atomic mass is 9.73. The van der Waals surface area contributed by atoms with Gasteiger partial charge in [0.1, 0.15) is 0 Å². The number of aryl methyl sites for hydroxylation is 2. The SMILES string of the molecule is Cc1ccc([C@H]2CCCc3ccccc3[C@]2(O)CCCN(C)C)cn1. The molecule has 0 amide bonds. The standard InChI is InChI=1S/C22H30N2O/c1-17-12-13-19(16-23-17)21-11-6-9-18-8-4-5-10-20(18)22(21,25)14-7-15-24(2)3/h4-5,8,10,12-13,16,21,25H,6-7,9,11,14-15H2,1-3H3/t21-,22-/m1/s1. The van der Waals surface area contributed by atoms with Gasteiger partial charge in [0.25, 0.3) is 0 Å². The fourth-order valence-electron chi connectivity index (χ4n) is 4.19. The van der Waals surface area contributed by atoms with Crippen molar-refractivity contribution in [3.05, 3.63) is 65.0 Å². The predicted octanol–water partition coefficient (Wildman–Crippen LogP) is 4.04. The average molecular weight is 338 g/mol. The Balaban J connectivity index is 2.00. The molecule has 0 fully saturated rings. The first-order valence-corrected chi connectivity index (χ1v) is 9.39. The largest absolute Gasteiger partial charge is 0.385 e. The lowest BCUT2D eigenvalue weighted by molar-refractivity contribution is -0.00615. The van der Waals surface area contributed by atoms with Crippen LogP contribution in [0.3, 0.4) is 0 Å². The summed E-state index contributed by atoms with van der Waals surface area (Å²) < 4.78 is 0. The van der Waals surface area contributed by atoms with E-state index < -0.39 is 5.60 Å². The van der Waals surface area contributed by atoms with Crippen molar-refractivity contribution in [1.82, 2.24) is 9.88 Å². The molecule has 25 heavy (non-hydrogen) atoms. The molecule has 2 aromatic rings. The van der Waals surface area contributed by atoms with Crippen LogP contribution in [0.25, 0.3) is 0 Å². The first-order chi connectivity index (χ1) is 12.0. The third-order valence-electron chi connectivity index (χ3n) is 5.50. The summed E-state index contributed by atoms with van der Waals surface area (Å²) in [5.74, 6) is 0.103. The Morgan fingerprint density at radius 1 is 1.20 bits per heavy atom. The molecule has 1 aliphatic carbocycles. The first kappa shape index (κ1) is 18.1. The zero-order chi connectivity index (χ0) is 17.9. The van der Waals surface area contributed by atoms with Gasteiger partial charge in [-0.25, -0.2) is 0 Å². The molecule has 3 nitrogen and oxygen atoms in total. The molecule has 1 aliphatic rings. The monoisotopic (exact) mass is 338 g/mol. The molecule has 0 unspecified atom stereocenters. The minimum Gasteiger partial charge on any atom is -0.385 e. The summed E-state index contributed by atoms with van der Waals surface area (Å²) in [5.41, 5.74) is 3.79. The van der Waals surface area contributed by atoms with Crippen LogP contribution < -0.4 is 0 Å². The second-order valence-electron chi connectivity index (χ2n) is 7.67. The van der Waals surface area contributed by atoms with Crippen molar-refractivity contribution in [1.29, 1.82) is 0 Å². The molecule has 1 heterocycles. The van der Waals surface area contributed by atoms with Crippen molar-refractivity contribution in [3.8, 4) is 0 Å². The van der Waals surface area contributed by atoms with Gasteiger partial charge >= 0.3 is 0 Å². The summed E-state index contributed by atoms with van der Waals surface area (Å²) in [6.07, 6.45) is 6.87. The highest BCUT2D eigenvalue weighted by Crippen LogP contribution is 2.46. The fraction of sp³-hybridized carbons (Fsp3) is 0.500. The van der Waals surface area contributed by atoms with Gasteiger partial charge in [-0.05, 0) is 82.4 Å². The number of fused-ring (bicyclic) bond motifs is 1. The molecule has 3 heteroatoms. The summed E-state index contributed by atoms with van der Waals surface area (Å²) in [4.78, 5) is 6.68. The topological polar surface area (TPSA) is 36.4 Å². The highest BCUT2D eigenvalue weighted by molar-refractivity contribution is 5.38. The third kappa shape index (κ3) is 3.94. The summed E-state index contributed by atoms with van der Waals surface area (Å²) in [5, 5.41) is 12.0. The zero-order valence-corrected chi connectivity index (χ0v) is 15.7. The predicted molar refractivity (Wildman–Crippen MR) is 103 cm³/mol. The molecule has 0 saturated carbocycles. The molecule has 0 bridgehead atoms. The maximum Gasteiger partial charge on any atom is 0.0968 e. The second-order valence-corrected chi connectivity index (χ2v) is 7.67. The molecule has 2 atom stereocenters. The smallest absolute Gasteiger partial charge is 0.0968 e. The van der Waals surface area contributed by atoms with E-state index in [9.17, 15) is 5.11 Å². The van der Waals surface area contributed by atoms with Crippen LogP contribution in [0.1, 0.15) is 54.0 Å². The van der Waals surface area contributed by atoms with E-state index in [4.69, 9.17) is 0 Å². The van der Waals surface area contributed by atoms with Crippen LogP contribution in [0.2, 0.25) is 0 Å². The van der Waals surface area contributed by atoms with Gasteiger partial charge in [-0.1, -0.05) is 30.3 Å². The van der Waals surface area contributed by atoms with Gasteiger partial charge in [-0.3, -0.25) is 4.98 Å². The summed E-state index contributed by atoms with van der Waals surface area (Å²) in [6.45, 7) is 3.00. The Morgan fingerprint density at radius 2 is 2.00 bits per heavy atom. The minimum absolute atomic E-state index is 0.103. The van der Waals surface area contributed by atoms with Gasteiger partial charge in [0.05, 0.1) is 5.60 Å². The van der Waals surface area contributed by atoms with Crippen LogP contribution >= 0.6 is 0 Å². The minimum atomic E-state index is -0.819. The van der Waals surface area contributed by atoms with Crippen molar-refractivity contribution >= 4 is 0 Å². The molecule has 1 aromatic carbocycles. The Morgan fingerprint density at radius 3 is 2.72 bits per heavy atom. The van der Waals surface area contributed by atoms with Gasteiger partial charge < -0.3 is 10.0 Å². The molecule has 134 valence electrons. The first-order valence-electron chi connectivity index (χ1n) is 9.39. The summed E-state index contributed by atoms with van der Waals surface area (Å²) >= 11 is 0. The van der Waals surface area contributed by atoms with Gasteiger partial charge in [0.15, 0.2) is 0 Å². The molecule has 1 aromatic heterocycles. The summed E-state index contributed by atoms with van der Waals surface area (Å²) in [7, 11) is 4.18. The van der Waals surface area contributed by atoms with Crippen LogP contribution in [-0.2, 0) is 12.0 Å². The van der Waals surface area contributed by atoms with Crippen LogP contribution in [0.5, 0.6) is 0 Å². The van der Waals surface area contributed by atoms with Gasteiger partial charge in [0.2, 0.25) is 0 Å². The lowest BCUT2D eigenvalue weighted by Crippen LogP contribution is -2.34. The second kappa shape index (κ2) is 7.67. The molecule has 3 rings (SSSR count). The molecule has 1 N–H and O–H groups in total. The third-order valence-corrected chi connectivity index (χ3v) is 5.50. The van der Waals surface area contributed by atoms with E-state index in [1.807, 2.05) is 13.1 Å². The van der Waals surface area contributed by atoms with E-state index in [0.29, 0.717) is 0 Å². The summed E-state index contributed by atoms with van der Waals surface area (Å²) in [6, 6.07) is 12.7. The van der Waals surface area contributed by atoms with Crippen molar-refractivity contribution in [3.63, 3.8) is 0 Å². The van der Waals surface area contributed by atoms with E-state index in [-0.39, 0.29) is 5.92 Å². The lowest BCUT2D eigenvalue weighted by Gasteiger charge is -2.37. The number of hydrogen-bond donors (Lipinski definition) is 1. The molecular formula is C22H30N2O. The van der Waals surface area contributed by atoms with E-state index in [1.54, 1.807) is 0 Å². The van der Waals surface area contributed by atoms with Crippen LogP contribution in [0, 0.1) is 6.92 Å². The Hall–Kier alpha value is -1.71. The maximum atomic E-state index is 12.0. The van der Waals surface area contributed by atoms with Crippen LogP contribution in [0.15, 0.2) is 42.6 Å². The highest BCUT2D eigenvalue weighted by atomic mass is 16.3. The van der Waals surface area contributed by atoms with Crippen LogP contribution in [-0.4, -0.2) is 35.6 Å². The van der Waals surface area contributed by atoms with Crippen molar-refractivity contribution in [2.24, 2.45) is 0 Å². The molecular weight excluding hydrogens is 308 g/mol. The van der Waals surface area contributed by atoms with Gasteiger partial charge in [-0.15, -0.1) is 0 Å². The number of benzene rings is 1. The van der Waals surface area contributed by atoms with Crippen molar-refractivity contribution in [2.45, 2.75) is 50.5 Å². The number of nitrogens with zero attached hydrogens (tertiary/aromatic N) is 2. The number of hydrogen-bond acceptors (Lipinski definition) is 3. The number of aliphatic hydroxyl groups is 1. The molecule has 0 radical (unpaired) electrons. The Labute approximate surface area is 151 Å². The zero-order valence-electron chi connectivity index (χ0n) is 15.7. The van der Waals surface area contributed by atoms with E-state index in [1.165, 1.54) is 5.56 Å². The average Bonchev–Trinajstić information content (AvgIpc) is 2.73. The quantitative estimate of drug-likeness (QED) is 0.836. The van der Waals surface area contributed by atoms with Gasteiger partial charge in [-0.2, -0.15) is 0 Å². The van der Waals surface area contributed by atoms with E-state index >= 15 is 0 Å².